The molecule has 1 aromatic rings. The molecule has 120 valence electrons. The van der Waals surface area contributed by atoms with Gasteiger partial charge >= 0.3 is 0 Å². The first-order valence-electron chi connectivity index (χ1n) is 8.25. The molecule has 3 rings (SSSR count). The highest BCUT2D eigenvalue weighted by Crippen LogP contribution is 2.24. The fourth-order valence-electron chi connectivity index (χ4n) is 3.74. The molecule has 2 saturated heterocycles. The van der Waals surface area contributed by atoms with Crippen LogP contribution in [0.1, 0.15) is 19.5 Å². The first-order chi connectivity index (χ1) is 10.6. The second-order valence-electron chi connectivity index (χ2n) is 6.60. The van der Waals surface area contributed by atoms with E-state index in [2.05, 4.69) is 33.8 Å². The Labute approximate surface area is 132 Å². The molecule has 0 aliphatic carbocycles. The van der Waals surface area contributed by atoms with Crippen LogP contribution in [0.4, 0.5) is 0 Å². The number of hydrogen-bond acceptors (Lipinski definition) is 4. The SMILES string of the molecule is CC(=O)N1CCN([C@@H]2CN(Cc3ccccn3)C[C@@H]2C)CC1. The number of pyridine rings is 1. The van der Waals surface area contributed by atoms with Crippen molar-refractivity contribution in [3.05, 3.63) is 30.1 Å². The Morgan fingerprint density at radius 3 is 2.64 bits per heavy atom. The van der Waals surface area contributed by atoms with E-state index in [1.54, 1.807) is 6.92 Å². The molecule has 0 spiro atoms. The predicted octanol–water partition coefficient (Wildman–Crippen LogP) is 1.07. The maximum atomic E-state index is 11.4. The maximum absolute atomic E-state index is 11.4. The van der Waals surface area contributed by atoms with Crippen molar-refractivity contribution in [3.63, 3.8) is 0 Å². The summed E-state index contributed by atoms with van der Waals surface area (Å²) >= 11 is 0. The Kier molecular flexibility index (Phi) is 4.74. The summed E-state index contributed by atoms with van der Waals surface area (Å²) in [4.78, 5) is 22.9. The van der Waals surface area contributed by atoms with Crippen LogP contribution in [0.2, 0.25) is 0 Å². The van der Waals surface area contributed by atoms with Crippen LogP contribution in [0.25, 0.3) is 0 Å². The van der Waals surface area contributed by atoms with Crippen molar-refractivity contribution >= 4 is 5.91 Å². The molecule has 0 unspecified atom stereocenters. The number of hydrogen-bond donors (Lipinski definition) is 0. The van der Waals surface area contributed by atoms with Crippen LogP contribution < -0.4 is 0 Å². The van der Waals surface area contributed by atoms with Crippen molar-refractivity contribution in [1.82, 2.24) is 19.7 Å². The van der Waals surface area contributed by atoms with Gasteiger partial charge in [0, 0.05) is 65.0 Å². The van der Waals surface area contributed by atoms with E-state index < -0.39 is 0 Å². The molecule has 3 heterocycles. The number of piperazine rings is 1. The Balaban J connectivity index is 1.54. The molecule has 0 N–H and O–H groups in total. The third-order valence-electron chi connectivity index (χ3n) is 4.99. The van der Waals surface area contributed by atoms with Gasteiger partial charge in [-0.2, -0.15) is 0 Å². The first kappa shape index (κ1) is 15.4. The van der Waals surface area contributed by atoms with E-state index in [1.807, 2.05) is 17.2 Å². The van der Waals surface area contributed by atoms with Gasteiger partial charge in [-0.1, -0.05) is 13.0 Å². The molecule has 1 amide bonds. The van der Waals surface area contributed by atoms with Crippen molar-refractivity contribution in [2.45, 2.75) is 26.4 Å². The zero-order chi connectivity index (χ0) is 15.5. The van der Waals surface area contributed by atoms with Crippen LogP contribution in [0.5, 0.6) is 0 Å². The lowest BCUT2D eigenvalue weighted by Crippen LogP contribution is -2.53. The monoisotopic (exact) mass is 302 g/mol. The van der Waals surface area contributed by atoms with Crippen molar-refractivity contribution in [1.29, 1.82) is 0 Å². The first-order valence-corrected chi connectivity index (χ1v) is 8.25. The van der Waals surface area contributed by atoms with E-state index in [9.17, 15) is 4.79 Å². The average Bonchev–Trinajstić information content (AvgIpc) is 2.89. The minimum absolute atomic E-state index is 0.205. The van der Waals surface area contributed by atoms with Gasteiger partial charge in [-0.15, -0.1) is 0 Å². The topological polar surface area (TPSA) is 39.7 Å². The quantitative estimate of drug-likeness (QED) is 0.837. The van der Waals surface area contributed by atoms with Gasteiger partial charge in [-0.3, -0.25) is 19.6 Å². The van der Waals surface area contributed by atoms with E-state index in [0.29, 0.717) is 12.0 Å². The average molecular weight is 302 g/mol. The lowest BCUT2D eigenvalue weighted by molar-refractivity contribution is -0.130. The zero-order valence-corrected chi connectivity index (χ0v) is 13.6. The van der Waals surface area contributed by atoms with Gasteiger partial charge in [-0.05, 0) is 18.1 Å². The molecule has 0 aromatic carbocycles. The summed E-state index contributed by atoms with van der Waals surface area (Å²) in [5.41, 5.74) is 1.15. The number of aromatic nitrogens is 1. The highest BCUT2D eigenvalue weighted by Gasteiger charge is 2.35. The van der Waals surface area contributed by atoms with Gasteiger partial charge in [0.15, 0.2) is 0 Å². The molecular formula is C17H26N4O. The summed E-state index contributed by atoms with van der Waals surface area (Å²) < 4.78 is 0. The Bertz CT molecular complexity index is 499. The molecule has 5 heteroatoms. The summed E-state index contributed by atoms with van der Waals surface area (Å²) in [6.07, 6.45) is 1.87. The third kappa shape index (κ3) is 3.47. The highest BCUT2D eigenvalue weighted by atomic mass is 16.2. The van der Waals surface area contributed by atoms with Crippen LogP contribution >= 0.6 is 0 Å². The van der Waals surface area contributed by atoms with Crippen LogP contribution in [-0.2, 0) is 11.3 Å². The van der Waals surface area contributed by atoms with Gasteiger partial charge in [0.25, 0.3) is 0 Å². The largest absolute Gasteiger partial charge is 0.340 e. The van der Waals surface area contributed by atoms with Gasteiger partial charge in [0.2, 0.25) is 5.91 Å². The second kappa shape index (κ2) is 6.75. The van der Waals surface area contributed by atoms with E-state index in [0.717, 1.165) is 51.5 Å². The van der Waals surface area contributed by atoms with Crippen LogP contribution in [0.3, 0.4) is 0 Å². The molecular weight excluding hydrogens is 276 g/mol. The van der Waals surface area contributed by atoms with Crippen molar-refractivity contribution < 1.29 is 4.79 Å². The van der Waals surface area contributed by atoms with E-state index >= 15 is 0 Å². The van der Waals surface area contributed by atoms with Gasteiger partial charge in [-0.25, -0.2) is 0 Å². The summed E-state index contributed by atoms with van der Waals surface area (Å²) in [5, 5.41) is 0. The number of rotatable bonds is 3. The number of carbonyl (C=O) groups excluding carboxylic acids is 1. The number of amides is 1. The van der Waals surface area contributed by atoms with E-state index in [4.69, 9.17) is 0 Å². The lowest BCUT2D eigenvalue weighted by atomic mass is 10.0. The molecule has 2 fully saturated rings. The van der Waals surface area contributed by atoms with Crippen molar-refractivity contribution in [2.75, 3.05) is 39.3 Å². The molecule has 0 saturated carbocycles. The number of likely N-dealkylation sites (tertiary alicyclic amines) is 1. The van der Waals surface area contributed by atoms with Crippen molar-refractivity contribution in [2.24, 2.45) is 5.92 Å². The molecule has 2 aliphatic heterocycles. The Morgan fingerprint density at radius 2 is 2.00 bits per heavy atom. The minimum Gasteiger partial charge on any atom is -0.340 e. The Hall–Kier alpha value is -1.46. The predicted molar refractivity (Wildman–Crippen MR) is 86.3 cm³/mol. The molecule has 5 nitrogen and oxygen atoms in total. The summed E-state index contributed by atoms with van der Waals surface area (Å²) in [6.45, 7) is 11.0. The standard InChI is InChI=1S/C17H26N4O/c1-14-11-19(12-16-5-3-4-6-18-16)13-17(14)21-9-7-20(8-10-21)15(2)22/h3-6,14,17H,7-13H2,1-2H3/t14-,17+/m0/s1. The highest BCUT2D eigenvalue weighted by molar-refractivity contribution is 5.73. The summed E-state index contributed by atoms with van der Waals surface area (Å²) in [6, 6.07) is 6.73. The van der Waals surface area contributed by atoms with Crippen LogP contribution in [0.15, 0.2) is 24.4 Å². The molecule has 0 radical (unpaired) electrons. The van der Waals surface area contributed by atoms with E-state index in [1.165, 1.54) is 0 Å². The number of nitrogens with zero attached hydrogens (tertiary/aromatic N) is 4. The van der Waals surface area contributed by atoms with E-state index in [-0.39, 0.29) is 5.91 Å². The van der Waals surface area contributed by atoms with Gasteiger partial charge < -0.3 is 4.90 Å². The fourth-order valence-corrected chi connectivity index (χ4v) is 3.74. The van der Waals surface area contributed by atoms with Gasteiger partial charge in [0.1, 0.15) is 0 Å². The molecule has 1 aromatic heterocycles. The second-order valence-corrected chi connectivity index (χ2v) is 6.60. The molecule has 22 heavy (non-hydrogen) atoms. The number of carbonyl (C=O) groups is 1. The van der Waals surface area contributed by atoms with Crippen LogP contribution in [-0.4, -0.2) is 70.9 Å². The zero-order valence-electron chi connectivity index (χ0n) is 13.6. The molecule has 2 atom stereocenters. The Morgan fingerprint density at radius 1 is 1.23 bits per heavy atom. The summed E-state index contributed by atoms with van der Waals surface area (Å²) in [7, 11) is 0. The fraction of sp³-hybridized carbons (Fsp3) is 0.647. The molecule has 0 bridgehead atoms. The smallest absolute Gasteiger partial charge is 0.219 e. The lowest BCUT2D eigenvalue weighted by Gasteiger charge is -2.39. The molecule has 2 aliphatic rings. The van der Waals surface area contributed by atoms with Crippen molar-refractivity contribution in [3.8, 4) is 0 Å². The normalized spacial score (nSPS) is 27.3. The summed E-state index contributed by atoms with van der Waals surface area (Å²) in [5.74, 6) is 0.878. The van der Waals surface area contributed by atoms with Gasteiger partial charge in [0.05, 0.1) is 5.69 Å². The maximum Gasteiger partial charge on any atom is 0.219 e. The minimum atomic E-state index is 0.205. The van der Waals surface area contributed by atoms with Crippen LogP contribution in [0, 0.1) is 5.92 Å². The third-order valence-corrected chi connectivity index (χ3v) is 4.99.